The standard InChI is InChI=1S/C20H25NO4/c1-3-4-11-24-12-5-10-21-19(22)9-7-16-14-25-18-8-6-15(2)13-17(18)20(16)23/h6-9,13-14H,3-5,10-12H2,1-2H3,(H,21,22)/b9-7+. The molecule has 0 saturated carbocycles. The van der Waals surface area contributed by atoms with E-state index in [0.29, 0.717) is 29.7 Å². The molecule has 2 rings (SSSR count). The fourth-order valence-electron chi connectivity index (χ4n) is 2.33. The summed E-state index contributed by atoms with van der Waals surface area (Å²) in [6.07, 6.45) is 7.16. The number of hydrogen-bond acceptors (Lipinski definition) is 4. The van der Waals surface area contributed by atoms with Crippen molar-refractivity contribution in [2.75, 3.05) is 19.8 Å². The predicted molar refractivity (Wildman–Crippen MR) is 99.6 cm³/mol. The Hall–Kier alpha value is -2.40. The second-order valence-corrected chi connectivity index (χ2v) is 5.96. The highest BCUT2D eigenvalue weighted by Crippen LogP contribution is 2.13. The zero-order valence-electron chi connectivity index (χ0n) is 14.8. The van der Waals surface area contributed by atoms with Crippen LogP contribution in [0.15, 0.2) is 39.7 Å². The summed E-state index contributed by atoms with van der Waals surface area (Å²) in [7, 11) is 0. The molecular weight excluding hydrogens is 318 g/mol. The third-order valence-corrected chi connectivity index (χ3v) is 3.78. The van der Waals surface area contributed by atoms with Crippen molar-refractivity contribution in [1.29, 1.82) is 0 Å². The number of ether oxygens (including phenoxy) is 1. The van der Waals surface area contributed by atoms with Crippen LogP contribution >= 0.6 is 0 Å². The summed E-state index contributed by atoms with van der Waals surface area (Å²) in [5.41, 5.74) is 1.74. The van der Waals surface area contributed by atoms with Crippen molar-refractivity contribution in [3.63, 3.8) is 0 Å². The quantitative estimate of drug-likeness (QED) is 0.559. The van der Waals surface area contributed by atoms with Gasteiger partial charge in [0, 0.05) is 25.8 Å². The van der Waals surface area contributed by atoms with Gasteiger partial charge in [-0.1, -0.05) is 25.0 Å². The lowest BCUT2D eigenvalue weighted by Gasteiger charge is -2.04. The Kier molecular flexibility index (Phi) is 7.41. The van der Waals surface area contributed by atoms with Crippen molar-refractivity contribution in [3.05, 3.63) is 51.9 Å². The van der Waals surface area contributed by atoms with Crippen LogP contribution in [-0.2, 0) is 9.53 Å². The van der Waals surface area contributed by atoms with Crippen molar-refractivity contribution < 1.29 is 13.9 Å². The molecule has 0 aliphatic heterocycles. The van der Waals surface area contributed by atoms with Gasteiger partial charge in [0.2, 0.25) is 5.91 Å². The third kappa shape index (κ3) is 5.87. The highest BCUT2D eigenvalue weighted by Gasteiger charge is 2.05. The van der Waals surface area contributed by atoms with E-state index in [9.17, 15) is 9.59 Å². The fraction of sp³-hybridized carbons (Fsp3) is 0.400. The minimum atomic E-state index is -0.239. The molecule has 0 spiro atoms. The van der Waals surface area contributed by atoms with E-state index in [4.69, 9.17) is 9.15 Å². The van der Waals surface area contributed by atoms with E-state index in [-0.39, 0.29) is 11.3 Å². The number of carbonyl (C=O) groups excluding carboxylic acids is 1. The molecule has 1 heterocycles. The SMILES string of the molecule is CCCCOCCCNC(=O)/C=C/c1coc2ccc(C)cc2c1=O. The number of fused-ring (bicyclic) bond motifs is 1. The van der Waals surface area contributed by atoms with Crippen LogP contribution in [0.2, 0.25) is 0 Å². The van der Waals surface area contributed by atoms with Gasteiger partial charge in [0.25, 0.3) is 0 Å². The molecule has 2 aromatic rings. The van der Waals surface area contributed by atoms with Crippen molar-refractivity contribution in [2.24, 2.45) is 0 Å². The molecule has 1 N–H and O–H groups in total. The van der Waals surface area contributed by atoms with Crippen LogP contribution in [0.3, 0.4) is 0 Å². The Balaban J connectivity index is 1.87. The van der Waals surface area contributed by atoms with Gasteiger partial charge in [-0.15, -0.1) is 0 Å². The molecule has 0 fully saturated rings. The smallest absolute Gasteiger partial charge is 0.244 e. The largest absolute Gasteiger partial charge is 0.463 e. The van der Waals surface area contributed by atoms with Gasteiger partial charge in [0.15, 0.2) is 5.43 Å². The normalized spacial score (nSPS) is 11.3. The number of aryl methyl sites for hydroxylation is 1. The van der Waals surface area contributed by atoms with E-state index in [0.717, 1.165) is 31.4 Å². The summed E-state index contributed by atoms with van der Waals surface area (Å²) >= 11 is 0. The van der Waals surface area contributed by atoms with Gasteiger partial charge in [-0.2, -0.15) is 0 Å². The maximum Gasteiger partial charge on any atom is 0.244 e. The lowest BCUT2D eigenvalue weighted by Crippen LogP contribution is -2.23. The second kappa shape index (κ2) is 9.79. The first-order valence-electron chi connectivity index (χ1n) is 8.67. The minimum Gasteiger partial charge on any atom is -0.463 e. The molecule has 0 aliphatic rings. The Morgan fingerprint density at radius 3 is 2.88 bits per heavy atom. The second-order valence-electron chi connectivity index (χ2n) is 5.96. The van der Waals surface area contributed by atoms with Crippen molar-refractivity contribution >= 4 is 23.0 Å². The first-order chi connectivity index (χ1) is 12.1. The molecule has 0 atom stereocenters. The molecule has 1 amide bonds. The van der Waals surface area contributed by atoms with Gasteiger partial charge in [-0.05, 0) is 38.0 Å². The van der Waals surface area contributed by atoms with Crippen molar-refractivity contribution in [3.8, 4) is 0 Å². The number of amides is 1. The number of unbranched alkanes of at least 4 members (excludes halogenated alkanes) is 1. The topological polar surface area (TPSA) is 68.5 Å². The first-order valence-corrected chi connectivity index (χ1v) is 8.67. The summed E-state index contributed by atoms with van der Waals surface area (Å²) in [6.45, 7) is 5.98. The summed E-state index contributed by atoms with van der Waals surface area (Å²) in [4.78, 5) is 24.2. The van der Waals surface area contributed by atoms with Crippen LogP contribution in [0.25, 0.3) is 17.0 Å². The van der Waals surface area contributed by atoms with Gasteiger partial charge in [-0.3, -0.25) is 9.59 Å². The number of hydrogen-bond donors (Lipinski definition) is 1. The van der Waals surface area contributed by atoms with Crippen molar-refractivity contribution in [2.45, 2.75) is 33.1 Å². The number of rotatable bonds is 9. The van der Waals surface area contributed by atoms with Gasteiger partial charge < -0.3 is 14.5 Å². The first kappa shape index (κ1) is 18.9. The van der Waals surface area contributed by atoms with Crippen LogP contribution in [0.5, 0.6) is 0 Å². The van der Waals surface area contributed by atoms with Crippen LogP contribution in [0.1, 0.15) is 37.3 Å². The van der Waals surface area contributed by atoms with Gasteiger partial charge in [0.05, 0.1) is 10.9 Å². The van der Waals surface area contributed by atoms with E-state index < -0.39 is 0 Å². The summed E-state index contributed by atoms with van der Waals surface area (Å²) in [5.74, 6) is -0.239. The molecule has 25 heavy (non-hydrogen) atoms. The van der Waals surface area contributed by atoms with Crippen LogP contribution in [0, 0.1) is 6.92 Å². The van der Waals surface area contributed by atoms with Gasteiger partial charge in [-0.25, -0.2) is 0 Å². The molecule has 5 heteroatoms. The van der Waals surface area contributed by atoms with E-state index >= 15 is 0 Å². The predicted octanol–water partition coefficient (Wildman–Crippen LogP) is 3.44. The molecule has 0 aliphatic carbocycles. The average Bonchev–Trinajstić information content (AvgIpc) is 2.61. The van der Waals surface area contributed by atoms with Gasteiger partial charge in [0.1, 0.15) is 11.8 Å². The minimum absolute atomic E-state index is 0.140. The average molecular weight is 343 g/mol. The maximum atomic E-state index is 12.4. The summed E-state index contributed by atoms with van der Waals surface area (Å²) in [5, 5.41) is 3.29. The molecule has 0 radical (unpaired) electrons. The fourth-order valence-corrected chi connectivity index (χ4v) is 2.33. The molecule has 0 bridgehead atoms. The molecule has 5 nitrogen and oxygen atoms in total. The van der Waals surface area contributed by atoms with E-state index in [2.05, 4.69) is 12.2 Å². The lowest BCUT2D eigenvalue weighted by molar-refractivity contribution is -0.116. The Morgan fingerprint density at radius 1 is 1.28 bits per heavy atom. The van der Waals surface area contributed by atoms with Crippen molar-refractivity contribution in [1.82, 2.24) is 5.32 Å². The summed E-state index contributed by atoms with van der Waals surface area (Å²) in [6, 6.07) is 5.45. The number of benzene rings is 1. The Labute approximate surface area is 147 Å². The van der Waals surface area contributed by atoms with E-state index in [1.54, 1.807) is 12.1 Å². The molecule has 0 saturated heterocycles. The molecule has 0 unspecified atom stereocenters. The van der Waals surface area contributed by atoms with Crippen LogP contribution in [0.4, 0.5) is 0 Å². The van der Waals surface area contributed by atoms with E-state index in [1.807, 2.05) is 13.0 Å². The van der Waals surface area contributed by atoms with Gasteiger partial charge >= 0.3 is 0 Å². The van der Waals surface area contributed by atoms with Crippen LogP contribution < -0.4 is 10.7 Å². The Bertz CT molecular complexity index is 792. The molecule has 134 valence electrons. The third-order valence-electron chi connectivity index (χ3n) is 3.78. The summed E-state index contributed by atoms with van der Waals surface area (Å²) < 4.78 is 10.9. The number of carbonyl (C=O) groups is 1. The molecule has 1 aromatic heterocycles. The molecule has 1 aromatic carbocycles. The molecular formula is C20H25NO4. The monoisotopic (exact) mass is 343 g/mol. The number of nitrogens with one attached hydrogen (secondary N) is 1. The lowest BCUT2D eigenvalue weighted by atomic mass is 10.1. The zero-order valence-corrected chi connectivity index (χ0v) is 14.8. The highest BCUT2D eigenvalue weighted by molar-refractivity contribution is 5.92. The maximum absolute atomic E-state index is 12.4. The zero-order chi connectivity index (χ0) is 18.1. The highest BCUT2D eigenvalue weighted by atomic mass is 16.5. The Morgan fingerprint density at radius 2 is 2.08 bits per heavy atom. The van der Waals surface area contributed by atoms with Crippen LogP contribution in [-0.4, -0.2) is 25.7 Å². The van der Waals surface area contributed by atoms with E-state index in [1.165, 1.54) is 18.4 Å².